The summed E-state index contributed by atoms with van der Waals surface area (Å²) in [5.41, 5.74) is 2.12. The lowest BCUT2D eigenvalue weighted by atomic mass is 10.2. The second-order valence-electron chi connectivity index (χ2n) is 7.55. The summed E-state index contributed by atoms with van der Waals surface area (Å²) in [7, 11) is 0. The zero-order valence-electron chi connectivity index (χ0n) is 18.3. The minimum Gasteiger partial charge on any atom is -0.488 e. The van der Waals surface area contributed by atoms with Crippen molar-refractivity contribution in [2.75, 3.05) is 11.9 Å². The smallest absolute Gasteiger partial charge is 0.294 e. The molecule has 1 heterocycles. The first kappa shape index (κ1) is 26.8. The second kappa shape index (κ2) is 11.8. The van der Waals surface area contributed by atoms with Crippen molar-refractivity contribution in [1.82, 2.24) is 4.90 Å². The number of anilines is 1. The van der Waals surface area contributed by atoms with Gasteiger partial charge >= 0.3 is 0 Å². The SMILES string of the molecule is O=C(CN1C(=O)S/C(=C/c2ccc(OCc3ccc(Cl)cc3)c(Br)c2)C1=O)Nc1ccc(Br)c(Cl)c1. The molecule has 1 N–H and O–H groups in total. The third-order valence-electron chi connectivity index (χ3n) is 4.94. The van der Waals surface area contributed by atoms with Crippen LogP contribution in [0.1, 0.15) is 11.1 Å². The number of thioether (sulfide) groups is 1. The molecule has 1 aliphatic rings. The first-order chi connectivity index (χ1) is 17.2. The van der Waals surface area contributed by atoms with E-state index < -0.39 is 23.6 Å². The number of nitrogens with one attached hydrogen (secondary N) is 1. The van der Waals surface area contributed by atoms with Crippen molar-refractivity contribution in [2.45, 2.75) is 6.61 Å². The Morgan fingerprint density at radius 3 is 2.44 bits per heavy atom. The van der Waals surface area contributed by atoms with E-state index in [2.05, 4.69) is 37.2 Å². The van der Waals surface area contributed by atoms with Crippen molar-refractivity contribution in [3.63, 3.8) is 0 Å². The van der Waals surface area contributed by atoms with Crippen LogP contribution in [-0.2, 0) is 16.2 Å². The third kappa shape index (κ3) is 6.72. The van der Waals surface area contributed by atoms with Gasteiger partial charge < -0.3 is 10.1 Å². The minimum absolute atomic E-state index is 0.223. The molecule has 0 spiro atoms. The van der Waals surface area contributed by atoms with Crippen LogP contribution in [0.5, 0.6) is 5.75 Å². The molecule has 1 aliphatic heterocycles. The number of carbonyl (C=O) groups excluding carboxylic acids is 3. The summed E-state index contributed by atoms with van der Waals surface area (Å²) in [4.78, 5) is 38.8. The average molecular weight is 671 g/mol. The normalized spacial score (nSPS) is 14.4. The zero-order valence-corrected chi connectivity index (χ0v) is 23.8. The Kier molecular flexibility index (Phi) is 8.79. The van der Waals surface area contributed by atoms with Crippen LogP contribution in [0.3, 0.4) is 0 Å². The molecular formula is C25H16Br2Cl2N2O4S. The van der Waals surface area contributed by atoms with E-state index in [1.54, 1.807) is 54.6 Å². The van der Waals surface area contributed by atoms with Crippen LogP contribution in [-0.4, -0.2) is 28.5 Å². The molecule has 0 aliphatic carbocycles. The number of hydrogen-bond donors (Lipinski definition) is 1. The van der Waals surface area contributed by atoms with Crippen LogP contribution in [0.25, 0.3) is 6.08 Å². The van der Waals surface area contributed by atoms with Gasteiger partial charge in [0, 0.05) is 15.2 Å². The van der Waals surface area contributed by atoms with Crippen molar-refractivity contribution in [3.8, 4) is 5.75 Å². The highest BCUT2D eigenvalue weighted by Crippen LogP contribution is 2.34. The summed E-state index contributed by atoms with van der Waals surface area (Å²) in [5, 5.41) is 3.20. The van der Waals surface area contributed by atoms with E-state index in [0.29, 0.717) is 42.6 Å². The Morgan fingerprint density at radius 2 is 1.75 bits per heavy atom. The molecule has 1 fully saturated rings. The van der Waals surface area contributed by atoms with E-state index in [4.69, 9.17) is 27.9 Å². The van der Waals surface area contributed by atoms with E-state index >= 15 is 0 Å². The standard InChI is InChI=1S/C25H16Br2Cl2N2O4S/c26-18-7-6-17(11-20(18)29)30-23(32)12-31-24(33)22(36-25(31)34)10-15-3-8-21(19(27)9-15)35-13-14-1-4-16(28)5-2-14/h1-11H,12-13H2,(H,30,32)/b22-10+. The fraction of sp³-hybridized carbons (Fsp3) is 0.0800. The van der Waals surface area contributed by atoms with Gasteiger partial charge in [0.25, 0.3) is 11.1 Å². The predicted octanol–water partition coefficient (Wildman–Crippen LogP) is 7.77. The Hall–Kier alpha value is -2.30. The van der Waals surface area contributed by atoms with Gasteiger partial charge in [0.2, 0.25) is 5.91 Å². The van der Waals surface area contributed by atoms with Crippen LogP contribution < -0.4 is 10.1 Å². The number of hydrogen-bond acceptors (Lipinski definition) is 5. The maximum absolute atomic E-state index is 12.8. The van der Waals surface area contributed by atoms with E-state index in [1.165, 1.54) is 0 Å². The monoisotopic (exact) mass is 668 g/mol. The zero-order chi connectivity index (χ0) is 25.8. The maximum Gasteiger partial charge on any atom is 0.294 e. The molecule has 11 heteroatoms. The van der Waals surface area contributed by atoms with Crippen molar-refractivity contribution >= 4 is 95.6 Å². The van der Waals surface area contributed by atoms with Gasteiger partial charge in [-0.25, -0.2) is 0 Å². The number of nitrogens with zero attached hydrogens (tertiary/aromatic N) is 1. The number of amides is 3. The summed E-state index contributed by atoms with van der Waals surface area (Å²) in [6.45, 7) is -0.0423. The van der Waals surface area contributed by atoms with Gasteiger partial charge in [-0.15, -0.1) is 0 Å². The van der Waals surface area contributed by atoms with Crippen molar-refractivity contribution < 1.29 is 19.1 Å². The highest BCUT2D eigenvalue weighted by molar-refractivity contribution is 9.10. The first-order valence-corrected chi connectivity index (χ1v) is 13.5. The molecule has 4 rings (SSSR count). The topological polar surface area (TPSA) is 75.7 Å². The number of benzene rings is 3. The van der Waals surface area contributed by atoms with Crippen LogP contribution in [0.15, 0.2) is 74.5 Å². The largest absolute Gasteiger partial charge is 0.488 e. The van der Waals surface area contributed by atoms with Crippen LogP contribution in [0.4, 0.5) is 10.5 Å². The number of imide groups is 1. The number of rotatable bonds is 7. The average Bonchev–Trinajstić information content (AvgIpc) is 3.09. The molecule has 1 saturated heterocycles. The molecule has 0 saturated carbocycles. The van der Waals surface area contributed by atoms with Crippen LogP contribution in [0.2, 0.25) is 10.0 Å². The molecule has 3 amide bonds. The maximum atomic E-state index is 12.8. The second-order valence-corrected chi connectivity index (χ2v) is 11.1. The molecule has 0 aromatic heterocycles. The number of carbonyl (C=O) groups is 3. The minimum atomic E-state index is -0.534. The highest BCUT2D eigenvalue weighted by Gasteiger charge is 2.36. The van der Waals surface area contributed by atoms with E-state index in [1.807, 2.05) is 12.1 Å². The highest BCUT2D eigenvalue weighted by atomic mass is 79.9. The number of ether oxygens (including phenoxy) is 1. The molecule has 6 nitrogen and oxygen atoms in total. The fourth-order valence-electron chi connectivity index (χ4n) is 3.17. The molecule has 0 bridgehead atoms. The molecule has 0 radical (unpaired) electrons. The van der Waals surface area contributed by atoms with Crippen LogP contribution >= 0.6 is 66.8 Å². The lowest BCUT2D eigenvalue weighted by molar-refractivity contribution is -0.127. The van der Waals surface area contributed by atoms with E-state index in [-0.39, 0.29) is 4.91 Å². The van der Waals surface area contributed by atoms with Gasteiger partial charge in [0.05, 0.1) is 14.4 Å². The summed E-state index contributed by atoms with van der Waals surface area (Å²) < 4.78 is 7.23. The molecule has 0 atom stereocenters. The predicted molar refractivity (Wildman–Crippen MR) is 150 cm³/mol. The fourth-order valence-corrected chi connectivity index (χ4v) is 5.07. The van der Waals surface area contributed by atoms with E-state index in [0.717, 1.165) is 22.2 Å². The summed E-state index contributed by atoms with van der Waals surface area (Å²) in [6, 6.07) is 17.6. The molecule has 0 unspecified atom stereocenters. The summed E-state index contributed by atoms with van der Waals surface area (Å²) >= 11 is 19.5. The lowest BCUT2D eigenvalue weighted by Gasteiger charge is -2.13. The van der Waals surface area contributed by atoms with Gasteiger partial charge in [-0.05, 0) is 103 Å². The summed E-state index contributed by atoms with van der Waals surface area (Å²) in [6.07, 6.45) is 1.60. The number of halogens is 4. The molecular weight excluding hydrogens is 655 g/mol. The Labute approximate surface area is 238 Å². The lowest BCUT2D eigenvalue weighted by Crippen LogP contribution is -2.36. The molecule has 3 aromatic rings. The van der Waals surface area contributed by atoms with Crippen LogP contribution in [0, 0.1) is 0 Å². The van der Waals surface area contributed by atoms with Gasteiger partial charge in [-0.1, -0.05) is 41.4 Å². The molecule has 184 valence electrons. The van der Waals surface area contributed by atoms with Gasteiger partial charge in [0.15, 0.2) is 0 Å². The van der Waals surface area contributed by atoms with Crippen molar-refractivity contribution in [3.05, 3.63) is 95.7 Å². The Morgan fingerprint density at radius 1 is 1.00 bits per heavy atom. The van der Waals surface area contributed by atoms with Crippen molar-refractivity contribution in [1.29, 1.82) is 0 Å². The van der Waals surface area contributed by atoms with Gasteiger partial charge in [-0.3, -0.25) is 19.3 Å². The van der Waals surface area contributed by atoms with E-state index in [9.17, 15) is 14.4 Å². The first-order valence-electron chi connectivity index (χ1n) is 10.4. The quantitative estimate of drug-likeness (QED) is 0.260. The molecule has 3 aromatic carbocycles. The third-order valence-corrected chi connectivity index (χ3v) is 7.95. The Balaban J connectivity index is 1.39. The van der Waals surface area contributed by atoms with Gasteiger partial charge in [0.1, 0.15) is 18.9 Å². The van der Waals surface area contributed by atoms with Crippen molar-refractivity contribution in [2.24, 2.45) is 0 Å². The molecule has 36 heavy (non-hydrogen) atoms. The summed E-state index contributed by atoms with van der Waals surface area (Å²) in [5.74, 6) is -0.421. The Bertz CT molecular complexity index is 1380. The van der Waals surface area contributed by atoms with Gasteiger partial charge in [-0.2, -0.15) is 0 Å².